The maximum absolute atomic E-state index is 10.6. The van der Waals surface area contributed by atoms with E-state index in [0.717, 1.165) is 0 Å². The van der Waals surface area contributed by atoms with Crippen LogP contribution in [0.25, 0.3) is 0 Å². The fourth-order valence-electron chi connectivity index (χ4n) is 0.757. The van der Waals surface area contributed by atoms with E-state index in [1.807, 2.05) is 13.8 Å². The highest BCUT2D eigenvalue weighted by Gasteiger charge is 2.13. The van der Waals surface area contributed by atoms with Gasteiger partial charge in [-0.3, -0.25) is 4.98 Å². The molecule has 0 aliphatic rings. The molecule has 0 fully saturated rings. The van der Waals surface area contributed by atoms with E-state index in [4.69, 9.17) is 5.73 Å². The van der Waals surface area contributed by atoms with Crippen molar-refractivity contribution >= 4 is 0 Å². The first-order valence-electron chi connectivity index (χ1n) is 3.51. The van der Waals surface area contributed by atoms with Crippen molar-refractivity contribution in [3.63, 3.8) is 0 Å². The van der Waals surface area contributed by atoms with Gasteiger partial charge in [0, 0.05) is 0 Å². The number of hydrogen-bond donors (Lipinski definition) is 3. The molecule has 0 bridgehead atoms. The molecule has 5 heteroatoms. The largest absolute Gasteiger partial charge is 0.340 e. The van der Waals surface area contributed by atoms with E-state index in [9.17, 15) is 4.79 Å². The maximum Gasteiger partial charge on any atom is 0.340 e. The Labute approximate surface area is 64.0 Å². The predicted molar refractivity (Wildman–Crippen MR) is 41.0 cm³/mol. The minimum Gasteiger partial charge on any atom is -0.321 e. The number of nitrogens with zero attached hydrogens (tertiary/aromatic N) is 1. The molecule has 5 nitrogen and oxygen atoms in total. The SMILES string of the molecule is CC(C)C(N)c1n[nH]c(=O)[nH]1. The minimum atomic E-state index is -0.309. The third-order valence-corrected chi connectivity index (χ3v) is 1.55. The Bertz CT molecular complexity index is 274. The number of rotatable bonds is 2. The van der Waals surface area contributed by atoms with Gasteiger partial charge in [0.2, 0.25) is 0 Å². The zero-order chi connectivity index (χ0) is 8.43. The Morgan fingerprint density at radius 3 is 2.55 bits per heavy atom. The zero-order valence-corrected chi connectivity index (χ0v) is 6.59. The van der Waals surface area contributed by atoms with Crippen molar-refractivity contribution in [1.29, 1.82) is 0 Å². The van der Waals surface area contributed by atoms with Crippen molar-refractivity contribution in [2.75, 3.05) is 0 Å². The molecule has 1 atom stereocenters. The van der Waals surface area contributed by atoms with Gasteiger partial charge in [-0.2, -0.15) is 5.10 Å². The molecular weight excluding hydrogens is 144 g/mol. The van der Waals surface area contributed by atoms with Crippen LogP contribution in [0.15, 0.2) is 4.79 Å². The summed E-state index contributed by atoms with van der Waals surface area (Å²) in [7, 11) is 0. The third kappa shape index (κ3) is 1.68. The monoisotopic (exact) mass is 156 g/mol. The Morgan fingerprint density at radius 1 is 1.55 bits per heavy atom. The molecule has 0 aliphatic heterocycles. The fourth-order valence-corrected chi connectivity index (χ4v) is 0.757. The molecule has 0 amide bonds. The summed E-state index contributed by atoms with van der Waals surface area (Å²) in [5.41, 5.74) is 5.39. The van der Waals surface area contributed by atoms with Gasteiger partial charge in [-0.1, -0.05) is 13.8 Å². The smallest absolute Gasteiger partial charge is 0.321 e. The average molecular weight is 156 g/mol. The minimum absolute atomic E-state index is 0.200. The summed E-state index contributed by atoms with van der Waals surface area (Å²) in [6, 6.07) is -0.200. The standard InChI is InChI=1S/C6H12N4O/c1-3(2)4(7)5-8-6(11)10-9-5/h3-4H,7H2,1-2H3,(H2,8,9,10,11). The van der Waals surface area contributed by atoms with Crippen molar-refractivity contribution in [3.05, 3.63) is 16.3 Å². The van der Waals surface area contributed by atoms with E-state index in [-0.39, 0.29) is 17.6 Å². The topological polar surface area (TPSA) is 87.6 Å². The van der Waals surface area contributed by atoms with Crippen LogP contribution in [0.2, 0.25) is 0 Å². The highest BCUT2D eigenvalue weighted by Crippen LogP contribution is 2.11. The number of nitrogens with two attached hydrogens (primary N) is 1. The fraction of sp³-hybridized carbons (Fsp3) is 0.667. The van der Waals surface area contributed by atoms with Crippen molar-refractivity contribution < 1.29 is 0 Å². The van der Waals surface area contributed by atoms with Gasteiger partial charge in [0.1, 0.15) is 5.82 Å². The molecule has 4 N–H and O–H groups in total. The second kappa shape index (κ2) is 2.87. The molecule has 0 spiro atoms. The zero-order valence-electron chi connectivity index (χ0n) is 6.59. The number of H-pyrrole nitrogens is 2. The van der Waals surface area contributed by atoms with Crippen LogP contribution in [0.4, 0.5) is 0 Å². The molecular formula is C6H12N4O. The van der Waals surface area contributed by atoms with Gasteiger partial charge in [-0.05, 0) is 5.92 Å². The van der Waals surface area contributed by atoms with Crippen LogP contribution in [0.3, 0.4) is 0 Å². The number of aromatic amines is 2. The Kier molecular flexibility index (Phi) is 2.09. The van der Waals surface area contributed by atoms with Crippen LogP contribution in [0.5, 0.6) is 0 Å². The molecule has 0 aromatic carbocycles. The molecule has 1 rings (SSSR count). The molecule has 0 aliphatic carbocycles. The van der Waals surface area contributed by atoms with E-state index >= 15 is 0 Å². The van der Waals surface area contributed by atoms with Crippen LogP contribution in [0, 0.1) is 5.92 Å². The van der Waals surface area contributed by atoms with Crippen LogP contribution >= 0.6 is 0 Å². The van der Waals surface area contributed by atoms with E-state index in [1.165, 1.54) is 0 Å². The lowest BCUT2D eigenvalue weighted by atomic mass is 10.1. The number of aromatic nitrogens is 3. The van der Waals surface area contributed by atoms with Gasteiger partial charge >= 0.3 is 5.69 Å². The normalized spacial score (nSPS) is 13.8. The lowest BCUT2D eigenvalue weighted by Gasteiger charge is -2.10. The Hall–Kier alpha value is -1.10. The molecule has 1 aromatic heterocycles. The van der Waals surface area contributed by atoms with Crippen LogP contribution < -0.4 is 11.4 Å². The molecule has 0 saturated carbocycles. The lowest BCUT2D eigenvalue weighted by Crippen LogP contribution is -2.18. The van der Waals surface area contributed by atoms with Gasteiger partial charge in [-0.25, -0.2) is 9.89 Å². The highest BCUT2D eigenvalue weighted by molar-refractivity contribution is 4.90. The molecule has 62 valence electrons. The van der Waals surface area contributed by atoms with Crippen molar-refractivity contribution in [2.45, 2.75) is 19.9 Å². The third-order valence-electron chi connectivity index (χ3n) is 1.55. The van der Waals surface area contributed by atoms with Gasteiger partial charge < -0.3 is 5.73 Å². The molecule has 1 unspecified atom stereocenters. The van der Waals surface area contributed by atoms with E-state index in [0.29, 0.717) is 5.82 Å². The summed E-state index contributed by atoms with van der Waals surface area (Å²) >= 11 is 0. The van der Waals surface area contributed by atoms with E-state index in [2.05, 4.69) is 15.2 Å². The molecule has 1 aromatic rings. The second-order valence-corrected chi connectivity index (χ2v) is 2.83. The molecule has 0 radical (unpaired) electrons. The first-order valence-corrected chi connectivity index (χ1v) is 3.51. The quantitative estimate of drug-likeness (QED) is 0.552. The van der Waals surface area contributed by atoms with Crippen LogP contribution in [-0.4, -0.2) is 15.2 Å². The van der Waals surface area contributed by atoms with Gasteiger partial charge in [0.15, 0.2) is 0 Å². The number of hydrogen-bond acceptors (Lipinski definition) is 3. The summed E-state index contributed by atoms with van der Waals surface area (Å²) in [6.45, 7) is 3.94. The predicted octanol–water partition coefficient (Wildman–Crippen LogP) is -0.246. The van der Waals surface area contributed by atoms with Crippen LogP contribution in [-0.2, 0) is 0 Å². The molecule has 1 heterocycles. The van der Waals surface area contributed by atoms with E-state index in [1.54, 1.807) is 0 Å². The molecule has 11 heavy (non-hydrogen) atoms. The highest BCUT2D eigenvalue weighted by atomic mass is 16.1. The van der Waals surface area contributed by atoms with Gasteiger partial charge in [-0.15, -0.1) is 0 Å². The van der Waals surface area contributed by atoms with E-state index < -0.39 is 0 Å². The van der Waals surface area contributed by atoms with Crippen molar-refractivity contribution in [3.8, 4) is 0 Å². The van der Waals surface area contributed by atoms with Crippen LogP contribution in [0.1, 0.15) is 25.7 Å². The lowest BCUT2D eigenvalue weighted by molar-refractivity contribution is 0.491. The molecule has 0 saturated heterocycles. The van der Waals surface area contributed by atoms with Gasteiger partial charge in [0.25, 0.3) is 0 Å². The average Bonchev–Trinajstić information content (AvgIpc) is 2.34. The van der Waals surface area contributed by atoms with Crippen molar-refractivity contribution in [2.24, 2.45) is 11.7 Å². The summed E-state index contributed by atoms with van der Waals surface area (Å²) in [4.78, 5) is 13.1. The first kappa shape index (κ1) is 8.00. The Morgan fingerprint density at radius 2 is 2.18 bits per heavy atom. The number of nitrogens with one attached hydrogen (secondary N) is 2. The first-order chi connectivity index (χ1) is 5.11. The summed E-state index contributed by atoms with van der Waals surface area (Å²) in [5, 5.41) is 5.98. The summed E-state index contributed by atoms with van der Waals surface area (Å²) in [6.07, 6.45) is 0. The maximum atomic E-state index is 10.6. The Balaban J connectivity index is 2.84. The summed E-state index contributed by atoms with van der Waals surface area (Å²) in [5.74, 6) is 0.791. The van der Waals surface area contributed by atoms with Gasteiger partial charge in [0.05, 0.1) is 6.04 Å². The second-order valence-electron chi connectivity index (χ2n) is 2.83. The summed E-state index contributed by atoms with van der Waals surface area (Å²) < 4.78 is 0. The van der Waals surface area contributed by atoms with Crippen molar-refractivity contribution in [1.82, 2.24) is 15.2 Å².